The van der Waals surface area contributed by atoms with E-state index in [4.69, 9.17) is 11.6 Å². The SMILES string of the molecule is Fc1c(F)c(F)c(-c2nc(CCl)no2)c(F)c1F. The monoisotopic (exact) mass is 284 g/mol. The van der Waals surface area contributed by atoms with Crippen LogP contribution in [0.25, 0.3) is 11.5 Å². The Labute approximate surface area is 101 Å². The second-order valence-corrected chi connectivity index (χ2v) is 3.36. The summed E-state index contributed by atoms with van der Waals surface area (Å²) in [6.45, 7) is 0. The van der Waals surface area contributed by atoms with Crippen molar-refractivity contribution in [3.63, 3.8) is 0 Å². The van der Waals surface area contributed by atoms with Crippen molar-refractivity contribution in [3.8, 4) is 11.5 Å². The predicted molar refractivity (Wildman–Crippen MR) is 49.1 cm³/mol. The molecular formula is C9H2ClF5N2O. The summed E-state index contributed by atoms with van der Waals surface area (Å²) in [5, 5.41) is 3.19. The zero-order chi connectivity index (χ0) is 13.4. The first-order valence-corrected chi connectivity index (χ1v) is 4.91. The summed E-state index contributed by atoms with van der Waals surface area (Å²) >= 11 is 5.31. The molecule has 0 atom stereocenters. The van der Waals surface area contributed by atoms with Gasteiger partial charge in [-0.25, -0.2) is 22.0 Å². The molecule has 3 nitrogen and oxygen atoms in total. The Morgan fingerprint density at radius 1 is 0.889 bits per heavy atom. The average Bonchev–Trinajstić information content (AvgIpc) is 2.83. The number of aromatic nitrogens is 2. The van der Waals surface area contributed by atoms with E-state index in [1.54, 1.807) is 0 Å². The Balaban J connectivity index is 2.71. The molecule has 0 spiro atoms. The molecule has 0 aliphatic heterocycles. The largest absolute Gasteiger partial charge is 0.334 e. The maximum Gasteiger partial charge on any atom is 0.264 e. The highest BCUT2D eigenvalue weighted by Crippen LogP contribution is 2.30. The van der Waals surface area contributed by atoms with E-state index in [2.05, 4.69) is 14.7 Å². The number of rotatable bonds is 2. The molecule has 1 aromatic heterocycles. The lowest BCUT2D eigenvalue weighted by Gasteiger charge is -2.03. The van der Waals surface area contributed by atoms with Gasteiger partial charge in [0.1, 0.15) is 5.56 Å². The Bertz CT molecular complexity index is 586. The van der Waals surface area contributed by atoms with Crippen LogP contribution in [-0.4, -0.2) is 10.1 Å². The maximum absolute atomic E-state index is 13.3. The second-order valence-electron chi connectivity index (χ2n) is 3.09. The van der Waals surface area contributed by atoms with Gasteiger partial charge in [-0.1, -0.05) is 5.16 Å². The third-order valence-electron chi connectivity index (χ3n) is 2.01. The summed E-state index contributed by atoms with van der Waals surface area (Å²) in [5.74, 6) is -11.7. The molecule has 0 aliphatic rings. The summed E-state index contributed by atoms with van der Waals surface area (Å²) < 4.78 is 69.6. The minimum Gasteiger partial charge on any atom is -0.334 e. The fraction of sp³-hybridized carbons (Fsp3) is 0.111. The zero-order valence-electron chi connectivity index (χ0n) is 8.28. The Kier molecular flexibility index (Phi) is 3.20. The highest BCUT2D eigenvalue weighted by atomic mass is 35.5. The lowest BCUT2D eigenvalue weighted by molar-refractivity contribution is 0.372. The van der Waals surface area contributed by atoms with Crippen LogP contribution >= 0.6 is 11.6 Å². The van der Waals surface area contributed by atoms with Gasteiger partial charge in [0.25, 0.3) is 5.89 Å². The van der Waals surface area contributed by atoms with Crippen LogP contribution in [0.1, 0.15) is 5.82 Å². The minimum absolute atomic E-state index is 0.143. The van der Waals surface area contributed by atoms with Gasteiger partial charge in [-0.3, -0.25) is 0 Å². The van der Waals surface area contributed by atoms with Crippen LogP contribution in [-0.2, 0) is 5.88 Å². The molecule has 0 radical (unpaired) electrons. The van der Waals surface area contributed by atoms with Gasteiger partial charge in [-0.05, 0) is 0 Å². The van der Waals surface area contributed by atoms with Crippen LogP contribution in [0.15, 0.2) is 4.52 Å². The highest BCUT2D eigenvalue weighted by molar-refractivity contribution is 6.16. The van der Waals surface area contributed by atoms with Crippen LogP contribution < -0.4 is 0 Å². The maximum atomic E-state index is 13.3. The lowest BCUT2D eigenvalue weighted by Crippen LogP contribution is -2.04. The summed E-state index contributed by atoms with van der Waals surface area (Å²) in [6.07, 6.45) is 0. The number of alkyl halides is 1. The van der Waals surface area contributed by atoms with Crippen molar-refractivity contribution in [2.45, 2.75) is 5.88 Å². The van der Waals surface area contributed by atoms with Crippen LogP contribution in [0.3, 0.4) is 0 Å². The third-order valence-corrected chi connectivity index (χ3v) is 2.25. The molecular weight excluding hydrogens is 283 g/mol. The van der Waals surface area contributed by atoms with E-state index in [1.165, 1.54) is 0 Å². The Morgan fingerprint density at radius 2 is 1.39 bits per heavy atom. The van der Waals surface area contributed by atoms with Crippen molar-refractivity contribution in [2.24, 2.45) is 0 Å². The molecule has 0 fully saturated rings. The van der Waals surface area contributed by atoms with Crippen LogP contribution in [0.5, 0.6) is 0 Å². The summed E-state index contributed by atoms with van der Waals surface area (Å²) in [6, 6.07) is 0. The van der Waals surface area contributed by atoms with Crippen LogP contribution in [0.2, 0.25) is 0 Å². The third kappa shape index (κ3) is 1.82. The topological polar surface area (TPSA) is 38.9 Å². The first-order chi connectivity index (χ1) is 8.47. The molecule has 9 heteroatoms. The van der Waals surface area contributed by atoms with Crippen LogP contribution in [0, 0.1) is 29.1 Å². The number of halogens is 6. The van der Waals surface area contributed by atoms with E-state index >= 15 is 0 Å². The van der Waals surface area contributed by atoms with Gasteiger partial charge >= 0.3 is 0 Å². The molecule has 96 valence electrons. The minimum atomic E-state index is -2.26. The number of nitrogens with zero attached hydrogens (tertiary/aromatic N) is 2. The van der Waals surface area contributed by atoms with E-state index in [1.807, 2.05) is 0 Å². The first kappa shape index (κ1) is 12.7. The van der Waals surface area contributed by atoms with Gasteiger partial charge in [-0.15, -0.1) is 11.6 Å². The van der Waals surface area contributed by atoms with Gasteiger partial charge in [0, 0.05) is 0 Å². The molecule has 0 saturated carbocycles. The molecule has 2 aromatic rings. The van der Waals surface area contributed by atoms with Crippen molar-refractivity contribution >= 4 is 11.6 Å². The molecule has 0 unspecified atom stereocenters. The summed E-state index contributed by atoms with van der Waals surface area (Å²) in [7, 11) is 0. The average molecular weight is 285 g/mol. The quantitative estimate of drug-likeness (QED) is 0.368. The molecule has 2 rings (SSSR count). The smallest absolute Gasteiger partial charge is 0.264 e. The molecule has 0 saturated heterocycles. The molecule has 1 aromatic carbocycles. The summed E-state index contributed by atoms with van der Waals surface area (Å²) in [5.41, 5.74) is -1.28. The van der Waals surface area contributed by atoms with E-state index in [0.717, 1.165) is 0 Å². The standard InChI is InChI=1S/C9H2ClF5N2O/c10-1-2-16-9(18-17-2)3-4(11)6(13)8(15)7(14)5(3)12/h1H2. The van der Waals surface area contributed by atoms with E-state index in [-0.39, 0.29) is 11.7 Å². The van der Waals surface area contributed by atoms with Gasteiger partial charge < -0.3 is 4.52 Å². The normalized spacial score (nSPS) is 11.0. The highest BCUT2D eigenvalue weighted by Gasteiger charge is 2.29. The van der Waals surface area contributed by atoms with Crippen molar-refractivity contribution in [3.05, 3.63) is 34.9 Å². The van der Waals surface area contributed by atoms with Crippen LogP contribution in [0.4, 0.5) is 22.0 Å². The van der Waals surface area contributed by atoms with Gasteiger partial charge in [-0.2, -0.15) is 4.98 Å². The lowest BCUT2D eigenvalue weighted by atomic mass is 10.1. The van der Waals surface area contributed by atoms with Crippen molar-refractivity contribution < 1.29 is 26.5 Å². The fourth-order valence-corrected chi connectivity index (χ4v) is 1.31. The van der Waals surface area contributed by atoms with E-state index < -0.39 is 40.5 Å². The number of hydrogen-bond donors (Lipinski definition) is 0. The molecule has 1 heterocycles. The predicted octanol–water partition coefficient (Wildman–Crippen LogP) is 3.17. The number of benzene rings is 1. The Morgan fingerprint density at radius 3 is 1.83 bits per heavy atom. The summed E-state index contributed by atoms with van der Waals surface area (Å²) in [4.78, 5) is 3.39. The molecule has 0 aliphatic carbocycles. The van der Waals surface area contributed by atoms with Gasteiger partial charge in [0.2, 0.25) is 5.82 Å². The van der Waals surface area contributed by atoms with E-state index in [9.17, 15) is 22.0 Å². The molecule has 0 N–H and O–H groups in total. The molecule has 0 bridgehead atoms. The fourth-order valence-electron chi connectivity index (χ4n) is 1.20. The Hall–Kier alpha value is -1.70. The van der Waals surface area contributed by atoms with Crippen molar-refractivity contribution in [1.29, 1.82) is 0 Å². The van der Waals surface area contributed by atoms with E-state index in [0.29, 0.717) is 0 Å². The number of hydrogen-bond acceptors (Lipinski definition) is 3. The van der Waals surface area contributed by atoms with Crippen molar-refractivity contribution in [2.75, 3.05) is 0 Å². The molecule has 18 heavy (non-hydrogen) atoms. The second kappa shape index (κ2) is 4.52. The van der Waals surface area contributed by atoms with Crippen molar-refractivity contribution in [1.82, 2.24) is 10.1 Å². The first-order valence-electron chi connectivity index (χ1n) is 4.37. The van der Waals surface area contributed by atoms with Gasteiger partial charge in [0.15, 0.2) is 29.1 Å². The molecule has 0 amide bonds. The zero-order valence-corrected chi connectivity index (χ0v) is 9.03. The van der Waals surface area contributed by atoms with Gasteiger partial charge in [0.05, 0.1) is 5.88 Å².